The average Bonchev–Trinajstić information content (AvgIpc) is 3.25. The highest BCUT2D eigenvalue weighted by molar-refractivity contribution is 7.13. The van der Waals surface area contributed by atoms with E-state index in [-0.39, 0.29) is 18.4 Å². The molecule has 0 bridgehead atoms. The Kier molecular flexibility index (Phi) is 4.96. The van der Waals surface area contributed by atoms with Crippen molar-refractivity contribution < 1.29 is 9.21 Å². The van der Waals surface area contributed by atoms with Gasteiger partial charge in [-0.2, -0.15) is 5.26 Å². The zero-order chi connectivity index (χ0) is 17.8. The number of aromatic nitrogens is 1. The fraction of sp³-hybridized carbons (Fsp3) is 0.211. The van der Waals surface area contributed by atoms with Gasteiger partial charge in [-0.05, 0) is 43.0 Å². The Morgan fingerprint density at radius 3 is 2.76 bits per heavy atom. The Labute approximate surface area is 149 Å². The van der Waals surface area contributed by atoms with Crippen molar-refractivity contribution in [3.63, 3.8) is 0 Å². The number of amides is 1. The molecule has 0 radical (unpaired) electrons. The van der Waals surface area contributed by atoms with E-state index in [1.54, 1.807) is 23.5 Å². The van der Waals surface area contributed by atoms with Crippen molar-refractivity contribution in [3.8, 4) is 16.8 Å². The number of aryl methyl sites for hydroxylation is 1. The second-order valence-corrected chi connectivity index (χ2v) is 6.65. The zero-order valence-electron chi connectivity index (χ0n) is 13.9. The Morgan fingerprint density at radius 2 is 2.12 bits per heavy atom. The van der Waals surface area contributed by atoms with Gasteiger partial charge in [-0.15, -0.1) is 11.3 Å². The molecule has 0 spiro atoms. The lowest BCUT2D eigenvalue weighted by atomic mass is 10.1. The number of rotatable bonds is 5. The van der Waals surface area contributed by atoms with Gasteiger partial charge in [0.05, 0.1) is 34.7 Å². The number of nitrogens with one attached hydrogen (secondary N) is 1. The maximum atomic E-state index is 12.3. The molecule has 0 aliphatic rings. The Hall–Kier alpha value is -2.91. The van der Waals surface area contributed by atoms with Crippen LogP contribution in [0.1, 0.15) is 35.5 Å². The third kappa shape index (κ3) is 3.95. The molecule has 126 valence electrons. The van der Waals surface area contributed by atoms with Crippen molar-refractivity contribution in [3.05, 3.63) is 64.4 Å². The van der Waals surface area contributed by atoms with E-state index in [9.17, 15) is 4.79 Å². The molecule has 2 heterocycles. The number of hydrogen-bond donors (Lipinski definition) is 1. The smallest absolute Gasteiger partial charge is 0.236 e. The fourth-order valence-corrected chi connectivity index (χ4v) is 3.12. The van der Waals surface area contributed by atoms with E-state index in [1.165, 1.54) is 0 Å². The van der Waals surface area contributed by atoms with Gasteiger partial charge in [-0.1, -0.05) is 18.2 Å². The van der Waals surface area contributed by atoms with Gasteiger partial charge < -0.3 is 9.73 Å². The predicted octanol–water partition coefficient (Wildman–Crippen LogP) is 4.00. The van der Waals surface area contributed by atoms with Crippen molar-refractivity contribution in [1.29, 1.82) is 5.26 Å². The molecule has 5 nitrogen and oxygen atoms in total. The third-order valence-electron chi connectivity index (χ3n) is 3.87. The molecule has 1 amide bonds. The molecule has 1 aromatic carbocycles. The Balaban J connectivity index is 1.65. The first-order valence-corrected chi connectivity index (χ1v) is 8.74. The van der Waals surface area contributed by atoms with Crippen LogP contribution in [0.15, 0.2) is 46.2 Å². The predicted molar refractivity (Wildman–Crippen MR) is 96.0 cm³/mol. The summed E-state index contributed by atoms with van der Waals surface area (Å²) in [5, 5.41) is 13.7. The highest BCUT2D eigenvalue weighted by atomic mass is 32.1. The number of carbonyl (C=O) groups excluding carboxylic acids is 1. The molecular formula is C19H17N3O2S. The van der Waals surface area contributed by atoms with Crippen molar-refractivity contribution in [1.82, 2.24) is 10.3 Å². The third-order valence-corrected chi connectivity index (χ3v) is 4.73. The normalized spacial score (nSPS) is 11.7. The molecule has 3 aromatic rings. The molecule has 6 heteroatoms. The van der Waals surface area contributed by atoms with E-state index in [4.69, 9.17) is 9.68 Å². The second-order valence-electron chi connectivity index (χ2n) is 5.70. The van der Waals surface area contributed by atoms with Gasteiger partial charge in [0.25, 0.3) is 0 Å². The number of hydrogen-bond acceptors (Lipinski definition) is 5. The summed E-state index contributed by atoms with van der Waals surface area (Å²) in [5.74, 6) is 1.09. The first kappa shape index (κ1) is 16.9. The maximum absolute atomic E-state index is 12.3. The number of carbonyl (C=O) groups is 1. The Bertz CT molecular complexity index is 905. The van der Waals surface area contributed by atoms with Crippen LogP contribution in [0.2, 0.25) is 0 Å². The number of benzene rings is 1. The molecule has 1 N–H and O–H groups in total. The van der Waals surface area contributed by atoms with Crippen molar-refractivity contribution >= 4 is 17.2 Å². The van der Waals surface area contributed by atoms with E-state index in [0.29, 0.717) is 22.9 Å². The summed E-state index contributed by atoms with van der Waals surface area (Å²) in [6, 6.07) is 13.0. The van der Waals surface area contributed by atoms with Gasteiger partial charge in [-0.25, -0.2) is 4.98 Å². The topological polar surface area (TPSA) is 78.9 Å². The molecule has 1 unspecified atom stereocenters. The molecule has 3 rings (SSSR count). The van der Waals surface area contributed by atoms with Gasteiger partial charge in [0, 0.05) is 0 Å². The monoisotopic (exact) mass is 351 g/mol. The van der Waals surface area contributed by atoms with Crippen LogP contribution in [-0.4, -0.2) is 10.9 Å². The van der Waals surface area contributed by atoms with E-state index >= 15 is 0 Å². The summed E-state index contributed by atoms with van der Waals surface area (Å²) in [6.07, 6.45) is 0.168. The van der Waals surface area contributed by atoms with Crippen molar-refractivity contribution in [2.75, 3.05) is 0 Å². The zero-order valence-corrected chi connectivity index (χ0v) is 14.8. The van der Waals surface area contributed by atoms with Gasteiger partial charge >= 0.3 is 0 Å². The van der Waals surface area contributed by atoms with Gasteiger partial charge in [-0.3, -0.25) is 4.79 Å². The largest absolute Gasteiger partial charge is 0.440 e. The van der Waals surface area contributed by atoms with Crippen molar-refractivity contribution in [2.24, 2.45) is 0 Å². The second kappa shape index (κ2) is 7.32. The van der Waals surface area contributed by atoms with Crippen molar-refractivity contribution in [2.45, 2.75) is 26.3 Å². The molecule has 0 aliphatic carbocycles. The minimum Gasteiger partial charge on any atom is -0.440 e. The highest BCUT2D eigenvalue weighted by Gasteiger charge is 2.17. The summed E-state index contributed by atoms with van der Waals surface area (Å²) in [6.45, 7) is 3.72. The molecule has 2 aromatic heterocycles. The molecule has 0 aliphatic heterocycles. The van der Waals surface area contributed by atoms with Gasteiger partial charge in [0.15, 0.2) is 0 Å². The summed E-state index contributed by atoms with van der Waals surface area (Å²) < 4.78 is 5.66. The standard InChI is InChI=1S/C19H17N3O2S/c1-12(15-7-5-14(11-20)6-8-15)21-18(23)10-16-13(2)24-19(22-16)17-4-3-9-25-17/h3-9,12H,10H2,1-2H3,(H,21,23). The lowest BCUT2D eigenvalue weighted by molar-refractivity contribution is -0.121. The van der Waals surface area contributed by atoms with E-state index in [0.717, 1.165) is 10.4 Å². The molecule has 1 atom stereocenters. The SMILES string of the molecule is Cc1oc(-c2cccs2)nc1CC(=O)NC(C)c1ccc(C#N)cc1. The van der Waals surface area contributed by atoms with Gasteiger partial charge in [0.1, 0.15) is 5.76 Å². The molecule has 0 saturated heterocycles. The van der Waals surface area contributed by atoms with Crippen LogP contribution in [0.25, 0.3) is 10.8 Å². The fourth-order valence-electron chi connectivity index (χ4n) is 2.47. The summed E-state index contributed by atoms with van der Waals surface area (Å²) in [4.78, 5) is 17.7. The van der Waals surface area contributed by atoms with Crippen LogP contribution in [0.4, 0.5) is 0 Å². The average molecular weight is 351 g/mol. The summed E-state index contributed by atoms with van der Waals surface area (Å²) in [5.41, 5.74) is 2.19. The lowest BCUT2D eigenvalue weighted by Crippen LogP contribution is -2.28. The van der Waals surface area contributed by atoms with Crippen LogP contribution in [0.5, 0.6) is 0 Å². The number of nitriles is 1. The van der Waals surface area contributed by atoms with Crippen LogP contribution < -0.4 is 5.32 Å². The van der Waals surface area contributed by atoms with Crippen LogP contribution in [0.3, 0.4) is 0 Å². The molecule has 0 saturated carbocycles. The van der Waals surface area contributed by atoms with Crippen LogP contribution in [0, 0.1) is 18.3 Å². The first-order chi connectivity index (χ1) is 12.1. The molecule has 25 heavy (non-hydrogen) atoms. The van der Waals surface area contributed by atoms with E-state index < -0.39 is 0 Å². The number of oxazole rings is 1. The highest BCUT2D eigenvalue weighted by Crippen LogP contribution is 2.26. The van der Waals surface area contributed by atoms with Crippen LogP contribution in [-0.2, 0) is 11.2 Å². The van der Waals surface area contributed by atoms with E-state index in [2.05, 4.69) is 16.4 Å². The summed E-state index contributed by atoms with van der Waals surface area (Å²) >= 11 is 1.55. The lowest BCUT2D eigenvalue weighted by Gasteiger charge is -2.14. The minimum absolute atomic E-state index is 0.119. The molecule has 0 fully saturated rings. The first-order valence-electron chi connectivity index (χ1n) is 7.86. The van der Waals surface area contributed by atoms with Crippen LogP contribution >= 0.6 is 11.3 Å². The summed E-state index contributed by atoms with van der Waals surface area (Å²) in [7, 11) is 0. The molecular weight excluding hydrogens is 334 g/mol. The van der Waals surface area contributed by atoms with E-state index in [1.807, 2.05) is 43.5 Å². The quantitative estimate of drug-likeness (QED) is 0.753. The van der Waals surface area contributed by atoms with Gasteiger partial charge in [0.2, 0.25) is 11.8 Å². The minimum atomic E-state index is -0.149. The maximum Gasteiger partial charge on any atom is 0.236 e. The number of nitrogens with zero attached hydrogens (tertiary/aromatic N) is 2. The Morgan fingerprint density at radius 1 is 1.36 bits per heavy atom. The number of thiophene rings is 1.